The summed E-state index contributed by atoms with van der Waals surface area (Å²) in [5, 5.41) is 3.18. The molecule has 1 atom stereocenters. The molecule has 4 rings (SSSR count). The summed E-state index contributed by atoms with van der Waals surface area (Å²) in [5.74, 6) is -0.873. The molecule has 3 aromatic rings. The highest BCUT2D eigenvalue weighted by molar-refractivity contribution is 6.30. The second-order valence-electron chi connectivity index (χ2n) is 8.48. The van der Waals surface area contributed by atoms with E-state index < -0.39 is 29.9 Å². The Morgan fingerprint density at radius 2 is 1.71 bits per heavy atom. The van der Waals surface area contributed by atoms with Crippen LogP contribution in [0.1, 0.15) is 29.3 Å². The molecule has 1 N–H and O–H groups in total. The van der Waals surface area contributed by atoms with Crippen LogP contribution in [0.2, 0.25) is 5.02 Å². The van der Waals surface area contributed by atoms with Gasteiger partial charge >= 0.3 is 12.0 Å². The molecule has 0 bridgehead atoms. The topological polar surface area (TPSA) is 105 Å². The molecule has 1 aliphatic heterocycles. The van der Waals surface area contributed by atoms with E-state index in [4.69, 9.17) is 21.1 Å². The van der Waals surface area contributed by atoms with Gasteiger partial charge in [0.15, 0.2) is 0 Å². The monoisotopic (exact) mass is 535 g/mol. The quantitative estimate of drug-likeness (QED) is 0.309. The average Bonchev–Trinajstić information content (AvgIpc) is 3.13. The number of methoxy groups -OCH3 is 1. The number of nitrogens with zero attached hydrogens (tertiary/aromatic N) is 2. The fourth-order valence-corrected chi connectivity index (χ4v) is 4.22. The zero-order valence-electron chi connectivity index (χ0n) is 20.8. The lowest BCUT2D eigenvalue weighted by Gasteiger charge is -2.22. The van der Waals surface area contributed by atoms with Crippen LogP contribution in [-0.2, 0) is 20.9 Å². The van der Waals surface area contributed by atoms with Gasteiger partial charge in [-0.15, -0.1) is 0 Å². The number of urea groups is 1. The summed E-state index contributed by atoms with van der Waals surface area (Å²) in [7, 11) is 1.55. The minimum atomic E-state index is -1.05. The fraction of sp³-hybridized carbons (Fsp3) is 0.214. The Hall–Kier alpha value is -4.37. The van der Waals surface area contributed by atoms with E-state index in [-0.39, 0.29) is 25.1 Å². The van der Waals surface area contributed by atoms with Crippen LogP contribution in [0.5, 0.6) is 5.75 Å². The van der Waals surface area contributed by atoms with Crippen molar-refractivity contribution >= 4 is 46.8 Å². The van der Waals surface area contributed by atoms with Crippen LogP contribution in [0.4, 0.5) is 16.2 Å². The van der Waals surface area contributed by atoms with Gasteiger partial charge < -0.3 is 19.7 Å². The Balaban J connectivity index is 1.57. The summed E-state index contributed by atoms with van der Waals surface area (Å²) in [5.41, 5.74) is 1.77. The van der Waals surface area contributed by atoms with Crippen molar-refractivity contribution < 1.29 is 28.7 Å². The molecule has 1 heterocycles. The number of esters is 1. The number of benzene rings is 3. The van der Waals surface area contributed by atoms with E-state index in [2.05, 4.69) is 5.32 Å². The van der Waals surface area contributed by atoms with Crippen LogP contribution in [-0.4, -0.2) is 48.5 Å². The average molecular weight is 536 g/mol. The van der Waals surface area contributed by atoms with Gasteiger partial charge in [0.05, 0.1) is 31.4 Å². The highest BCUT2D eigenvalue weighted by Gasteiger charge is 2.46. The number of nitrogens with one attached hydrogen (secondary N) is 1. The lowest BCUT2D eigenvalue weighted by molar-refractivity contribution is -0.124. The molecule has 0 aliphatic carbocycles. The predicted molar refractivity (Wildman–Crippen MR) is 142 cm³/mol. The predicted octanol–water partition coefficient (Wildman–Crippen LogP) is 4.89. The first kappa shape index (κ1) is 26.7. The van der Waals surface area contributed by atoms with Crippen molar-refractivity contribution in [2.24, 2.45) is 0 Å². The smallest absolute Gasteiger partial charge is 0.338 e. The number of hydrogen-bond acceptors (Lipinski definition) is 6. The Labute approximate surface area is 224 Å². The highest BCUT2D eigenvalue weighted by Crippen LogP contribution is 2.30. The molecule has 1 fully saturated rings. The summed E-state index contributed by atoms with van der Waals surface area (Å²) in [6, 6.07) is 18.1. The molecule has 4 amide bonds. The normalized spacial score (nSPS) is 15.0. The van der Waals surface area contributed by atoms with E-state index in [1.807, 2.05) is 0 Å². The Morgan fingerprint density at radius 1 is 1.00 bits per heavy atom. The minimum absolute atomic E-state index is 0.106. The van der Waals surface area contributed by atoms with Crippen LogP contribution in [0, 0.1) is 0 Å². The molecule has 196 valence electrons. The third-order valence-corrected chi connectivity index (χ3v) is 6.20. The molecular formula is C28H26ClN3O6. The van der Waals surface area contributed by atoms with E-state index in [9.17, 15) is 19.2 Å². The number of carbonyl (C=O) groups excluding carboxylic acids is 4. The fourth-order valence-electron chi connectivity index (χ4n) is 4.10. The standard InChI is InChI=1S/C28H26ClN3O6/c1-3-38-27(35)19-5-4-6-21(15-19)30-25(33)16-24-26(34)32(22-11-9-20(29)10-12-22)28(36)31(24)17-18-7-13-23(37-2)14-8-18/h4-15,24H,3,16-17H2,1-2H3,(H,30,33)/t24-/m0/s1. The van der Waals surface area contributed by atoms with E-state index in [0.29, 0.717) is 22.1 Å². The van der Waals surface area contributed by atoms with Crippen molar-refractivity contribution in [2.75, 3.05) is 23.9 Å². The van der Waals surface area contributed by atoms with Crippen molar-refractivity contribution in [3.8, 4) is 5.75 Å². The van der Waals surface area contributed by atoms with Crippen LogP contribution in [0.15, 0.2) is 72.8 Å². The molecule has 10 heteroatoms. The maximum absolute atomic E-state index is 13.5. The minimum Gasteiger partial charge on any atom is -0.497 e. The van der Waals surface area contributed by atoms with Gasteiger partial charge in [-0.1, -0.05) is 29.8 Å². The number of ether oxygens (including phenoxy) is 2. The van der Waals surface area contributed by atoms with E-state index in [1.165, 1.54) is 11.0 Å². The molecule has 0 aromatic heterocycles. The van der Waals surface area contributed by atoms with Crippen LogP contribution in [0.25, 0.3) is 0 Å². The van der Waals surface area contributed by atoms with Gasteiger partial charge in [0.25, 0.3) is 5.91 Å². The number of carbonyl (C=O) groups is 4. The molecule has 0 radical (unpaired) electrons. The summed E-state index contributed by atoms with van der Waals surface area (Å²) >= 11 is 5.98. The van der Waals surface area contributed by atoms with Gasteiger partial charge in [-0.3, -0.25) is 9.59 Å². The van der Waals surface area contributed by atoms with Crippen molar-refractivity contribution in [3.05, 3.63) is 88.9 Å². The number of hydrogen-bond donors (Lipinski definition) is 1. The zero-order chi connectivity index (χ0) is 27.2. The van der Waals surface area contributed by atoms with Gasteiger partial charge in [-0.25, -0.2) is 14.5 Å². The van der Waals surface area contributed by atoms with Crippen LogP contribution >= 0.6 is 11.6 Å². The molecule has 1 aliphatic rings. The molecule has 9 nitrogen and oxygen atoms in total. The van der Waals surface area contributed by atoms with Crippen LogP contribution in [0.3, 0.4) is 0 Å². The number of amides is 4. The Kier molecular flexibility index (Phi) is 8.28. The summed E-state index contributed by atoms with van der Waals surface area (Å²) in [6.07, 6.45) is -0.283. The molecule has 1 saturated heterocycles. The number of anilines is 2. The number of halogens is 1. The van der Waals surface area contributed by atoms with Gasteiger partial charge in [0, 0.05) is 17.3 Å². The molecule has 0 spiro atoms. The Bertz CT molecular complexity index is 1340. The summed E-state index contributed by atoms with van der Waals surface area (Å²) < 4.78 is 10.2. The molecule has 0 saturated carbocycles. The van der Waals surface area contributed by atoms with E-state index in [1.54, 1.807) is 80.8 Å². The van der Waals surface area contributed by atoms with E-state index >= 15 is 0 Å². The first-order valence-corrected chi connectivity index (χ1v) is 12.3. The maximum atomic E-state index is 13.5. The van der Waals surface area contributed by atoms with Crippen molar-refractivity contribution in [1.82, 2.24) is 4.90 Å². The molecule has 3 aromatic carbocycles. The highest BCUT2D eigenvalue weighted by atomic mass is 35.5. The van der Waals surface area contributed by atoms with Crippen LogP contribution < -0.4 is 15.0 Å². The Morgan fingerprint density at radius 3 is 2.37 bits per heavy atom. The zero-order valence-corrected chi connectivity index (χ0v) is 21.6. The first-order chi connectivity index (χ1) is 18.3. The molecular weight excluding hydrogens is 510 g/mol. The van der Waals surface area contributed by atoms with Gasteiger partial charge in [-0.2, -0.15) is 0 Å². The van der Waals surface area contributed by atoms with Gasteiger partial charge in [0.1, 0.15) is 11.8 Å². The van der Waals surface area contributed by atoms with Gasteiger partial charge in [-0.05, 0) is 67.1 Å². The third kappa shape index (κ3) is 5.95. The van der Waals surface area contributed by atoms with E-state index in [0.717, 1.165) is 10.5 Å². The largest absolute Gasteiger partial charge is 0.497 e. The summed E-state index contributed by atoms with van der Waals surface area (Å²) in [6.45, 7) is 2.03. The SMILES string of the molecule is CCOC(=O)c1cccc(NC(=O)C[C@H]2C(=O)N(c3ccc(Cl)cc3)C(=O)N2Cc2ccc(OC)cc2)c1. The first-order valence-electron chi connectivity index (χ1n) is 11.9. The number of imide groups is 1. The second-order valence-corrected chi connectivity index (χ2v) is 8.91. The van der Waals surface area contributed by atoms with Crippen molar-refractivity contribution in [2.45, 2.75) is 25.9 Å². The summed E-state index contributed by atoms with van der Waals surface area (Å²) in [4.78, 5) is 54.4. The van der Waals surface area contributed by atoms with Crippen molar-refractivity contribution in [1.29, 1.82) is 0 Å². The maximum Gasteiger partial charge on any atom is 0.338 e. The molecule has 0 unspecified atom stereocenters. The lowest BCUT2D eigenvalue weighted by atomic mass is 10.1. The van der Waals surface area contributed by atoms with Crippen molar-refractivity contribution in [3.63, 3.8) is 0 Å². The number of rotatable bonds is 9. The van der Waals surface area contributed by atoms with Gasteiger partial charge in [0.2, 0.25) is 5.91 Å². The molecule has 38 heavy (non-hydrogen) atoms. The third-order valence-electron chi connectivity index (χ3n) is 5.95. The lowest BCUT2D eigenvalue weighted by Crippen LogP contribution is -2.37. The second kappa shape index (κ2) is 11.8.